The van der Waals surface area contributed by atoms with Gasteiger partial charge in [-0.2, -0.15) is 0 Å². The topological polar surface area (TPSA) is 45.8 Å². The summed E-state index contributed by atoms with van der Waals surface area (Å²) in [6.07, 6.45) is 0.404. The van der Waals surface area contributed by atoms with Crippen molar-refractivity contribution in [1.82, 2.24) is 9.97 Å². The van der Waals surface area contributed by atoms with Crippen molar-refractivity contribution in [2.45, 2.75) is 6.42 Å². The van der Waals surface area contributed by atoms with Crippen LogP contribution in [-0.2, 0) is 6.42 Å². The van der Waals surface area contributed by atoms with E-state index in [1.54, 1.807) is 24.3 Å². The lowest BCUT2D eigenvalue weighted by molar-refractivity contribution is 0.977. The van der Waals surface area contributed by atoms with Crippen molar-refractivity contribution in [3.63, 3.8) is 0 Å². The van der Waals surface area contributed by atoms with E-state index in [2.05, 4.69) is 9.97 Å². The van der Waals surface area contributed by atoms with E-state index in [-0.39, 0.29) is 5.56 Å². The minimum Gasteiger partial charge on any atom is -0.310 e. The fourth-order valence-electron chi connectivity index (χ4n) is 2.80. The van der Waals surface area contributed by atoms with Gasteiger partial charge in [0.2, 0.25) is 0 Å². The number of thiophene rings is 1. The first-order chi connectivity index (χ1) is 12.9. The molecule has 0 unspecified atom stereocenters. The van der Waals surface area contributed by atoms with Crippen LogP contribution in [0.4, 0.5) is 0 Å². The van der Waals surface area contributed by atoms with Gasteiger partial charge in [-0.05, 0) is 35.4 Å². The van der Waals surface area contributed by atoms with Gasteiger partial charge in [0.05, 0.1) is 15.4 Å². The van der Waals surface area contributed by atoms with Crippen LogP contribution >= 0.6 is 57.7 Å². The molecule has 0 atom stereocenters. The molecule has 4 aromatic rings. The highest BCUT2D eigenvalue weighted by Crippen LogP contribution is 2.34. The maximum absolute atomic E-state index is 12.7. The standard InChI is InChI=1S/C19H10Cl4N2OS/c20-11-3-1-10(14(22)7-11)6-16-24-18(26)17-12(8-27-19(17)25-16)9-2-4-13(21)15(23)5-9/h1-5,7-8H,6H2,(H,24,25,26). The number of halogens is 4. The second-order valence-electron chi connectivity index (χ2n) is 5.88. The largest absolute Gasteiger partial charge is 0.310 e. The average Bonchev–Trinajstić information content (AvgIpc) is 3.04. The third kappa shape index (κ3) is 3.73. The van der Waals surface area contributed by atoms with Gasteiger partial charge in [-0.1, -0.05) is 58.5 Å². The van der Waals surface area contributed by atoms with E-state index in [0.717, 1.165) is 16.7 Å². The Labute approximate surface area is 178 Å². The van der Waals surface area contributed by atoms with Crippen molar-refractivity contribution in [2.24, 2.45) is 0 Å². The van der Waals surface area contributed by atoms with E-state index in [9.17, 15) is 4.79 Å². The SMILES string of the molecule is O=c1[nH]c(Cc2ccc(Cl)cc2Cl)nc2scc(-c3ccc(Cl)c(Cl)c3)c12. The average molecular weight is 456 g/mol. The van der Waals surface area contributed by atoms with Crippen LogP contribution in [0.15, 0.2) is 46.6 Å². The van der Waals surface area contributed by atoms with Gasteiger partial charge in [0.25, 0.3) is 5.56 Å². The first-order valence-electron chi connectivity index (χ1n) is 7.82. The molecule has 0 fully saturated rings. The molecule has 0 spiro atoms. The molecule has 1 N–H and O–H groups in total. The summed E-state index contributed by atoms with van der Waals surface area (Å²) < 4.78 is 0. The van der Waals surface area contributed by atoms with Crippen LogP contribution in [0.1, 0.15) is 11.4 Å². The number of nitrogens with zero attached hydrogens (tertiary/aromatic N) is 1. The molecule has 3 nitrogen and oxygen atoms in total. The summed E-state index contributed by atoms with van der Waals surface area (Å²) in [7, 11) is 0. The number of hydrogen-bond acceptors (Lipinski definition) is 3. The Balaban J connectivity index is 1.77. The Morgan fingerprint density at radius 2 is 1.78 bits per heavy atom. The van der Waals surface area contributed by atoms with E-state index in [1.165, 1.54) is 11.3 Å². The second-order valence-corrected chi connectivity index (χ2v) is 8.40. The summed E-state index contributed by atoms with van der Waals surface area (Å²) in [6, 6.07) is 10.5. The predicted octanol–water partition coefficient (Wildman–Crippen LogP) is 6.86. The summed E-state index contributed by atoms with van der Waals surface area (Å²) in [5.41, 5.74) is 2.22. The molecule has 0 aliphatic heterocycles. The van der Waals surface area contributed by atoms with Crippen molar-refractivity contribution in [1.29, 1.82) is 0 Å². The van der Waals surface area contributed by atoms with Gasteiger partial charge in [0.1, 0.15) is 10.7 Å². The lowest BCUT2D eigenvalue weighted by Gasteiger charge is -2.05. The third-order valence-electron chi connectivity index (χ3n) is 4.10. The van der Waals surface area contributed by atoms with E-state index < -0.39 is 0 Å². The molecule has 2 heterocycles. The summed E-state index contributed by atoms with van der Waals surface area (Å²) in [4.78, 5) is 20.8. The van der Waals surface area contributed by atoms with Gasteiger partial charge in [-0.3, -0.25) is 4.79 Å². The molecule has 4 rings (SSSR count). The minimum atomic E-state index is -0.206. The molecule has 0 bridgehead atoms. The number of aromatic nitrogens is 2. The molecule has 0 saturated heterocycles. The number of H-pyrrole nitrogens is 1. The van der Waals surface area contributed by atoms with Crippen LogP contribution < -0.4 is 5.56 Å². The highest BCUT2D eigenvalue weighted by Gasteiger charge is 2.15. The molecule has 0 aliphatic carbocycles. The fourth-order valence-corrected chi connectivity index (χ4v) is 4.54. The molecular formula is C19H10Cl4N2OS. The van der Waals surface area contributed by atoms with Gasteiger partial charge in [-0.15, -0.1) is 11.3 Å². The predicted molar refractivity (Wildman–Crippen MR) is 115 cm³/mol. The summed E-state index contributed by atoms with van der Waals surface area (Å²) in [6.45, 7) is 0. The van der Waals surface area contributed by atoms with Gasteiger partial charge >= 0.3 is 0 Å². The molecule has 136 valence electrons. The highest BCUT2D eigenvalue weighted by atomic mass is 35.5. The lowest BCUT2D eigenvalue weighted by Crippen LogP contribution is -2.11. The Kier molecular flexibility index (Phi) is 5.19. The summed E-state index contributed by atoms with van der Waals surface area (Å²) in [5.74, 6) is 0.541. The molecule has 27 heavy (non-hydrogen) atoms. The van der Waals surface area contributed by atoms with Gasteiger partial charge in [0, 0.05) is 27.4 Å². The van der Waals surface area contributed by atoms with Crippen LogP contribution in [0.2, 0.25) is 20.1 Å². The Bertz CT molecular complexity index is 1230. The van der Waals surface area contributed by atoms with Gasteiger partial charge in [0.15, 0.2) is 0 Å². The van der Waals surface area contributed by atoms with Crippen LogP contribution in [0.5, 0.6) is 0 Å². The number of hydrogen-bond donors (Lipinski definition) is 1. The lowest BCUT2D eigenvalue weighted by atomic mass is 10.1. The number of nitrogens with one attached hydrogen (secondary N) is 1. The van der Waals surface area contributed by atoms with Crippen molar-refractivity contribution in [2.75, 3.05) is 0 Å². The second kappa shape index (κ2) is 7.46. The molecule has 8 heteroatoms. The number of fused-ring (bicyclic) bond motifs is 1. The normalized spacial score (nSPS) is 11.3. The number of aromatic amines is 1. The number of benzene rings is 2. The summed E-state index contributed by atoms with van der Waals surface area (Å²) in [5, 5.41) is 4.43. The smallest absolute Gasteiger partial charge is 0.260 e. The van der Waals surface area contributed by atoms with E-state index in [1.807, 2.05) is 17.5 Å². The van der Waals surface area contributed by atoms with Crippen LogP contribution in [0.3, 0.4) is 0 Å². The first-order valence-corrected chi connectivity index (χ1v) is 10.2. The molecule has 2 aromatic carbocycles. The Morgan fingerprint density at radius 1 is 0.963 bits per heavy atom. The molecule has 2 aromatic heterocycles. The van der Waals surface area contributed by atoms with E-state index in [4.69, 9.17) is 46.4 Å². The van der Waals surface area contributed by atoms with Crippen molar-refractivity contribution in [3.05, 3.63) is 83.6 Å². The maximum atomic E-state index is 12.7. The van der Waals surface area contributed by atoms with Crippen LogP contribution in [-0.4, -0.2) is 9.97 Å². The minimum absolute atomic E-state index is 0.206. The van der Waals surface area contributed by atoms with E-state index >= 15 is 0 Å². The monoisotopic (exact) mass is 454 g/mol. The molecule has 0 amide bonds. The zero-order chi connectivity index (χ0) is 19.1. The van der Waals surface area contributed by atoms with E-state index in [0.29, 0.717) is 42.6 Å². The van der Waals surface area contributed by atoms with Gasteiger partial charge in [-0.25, -0.2) is 4.98 Å². The van der Waals surface area contributed by atoms with Crippen molar-refractivity contribution >= 4 is 68.0 Å². The first kappa shape index (κ1) is 18.8. The Hall–Kier alpha value is -1.56. The zero-order valence-corrected chi connectivity index (χ0v) is 17.4. The highest BCUT2D eigenvalue weighted by molar-refractivity contribution is 7.17. The molecule has 0 radical (unpaired) electrons. The number of rotatable bonds is 3. The Morgan fingerprint density at radius 3 is 2.52 bits per heavy atom. The molecule has 0 saturated carbocycles. The quantitative estimate of drug-likeness (QED) is 0.366. The van der Waals surface area contributed by atoms with Crippen LogP contribution in [0, 0.1) is 0 Å². The summed E-state index contributed by atoms with van der Waals surface area (Å²) >= 11 is 25.7. The maximum Gasteiger partial charge on any atom is 0.260 e. The van der Waals surface area contributed by atoms with Crippen LogP contribution in [0.25, 0.3) is 21.3 Å². The van der Waals surface area contributed by atoms with Gasteiger partial charge < -0.3 is 4.98 Å². The zero-order valence-electron chi connectivity index (χ0n) is 13.5. The molecular weight excluding hydrogens is 446 g/mol. The third-order valence-corrected chi connectivity index (χ3v) is 6.29. The van der Waals surface area contributed by atoms with Crippen molar-refractivity contribution in [3.8, 4) is 11.1 Å². The fraction of sp³-hybridized carbons (Fsp3) is 0.0526. The molecule has 0 aliphatic rings. The van der Waals surface area contributed by atoms with Crippen molar-refractivity contribution < 1.29 is 0 Å².